The molecule has 0 spiro atoms. The first-order valence-corrected chi connectivity index (χ1v) is 16.2. The molecular formula is C37H35N5O7. The number of urea groups is 1. The van der Waals surface area contributed by atoms with E-state index < -0.39 is 23.6 Å². The van der Waals surface area contributed by atoms with Gasteiger partial charge in [-0.1, -0.05) is 37.3 Å². The van der Waals surface area contributed by atoms with Crippen LogP contribution >= 0.6 is 0 Å². The van der Waals surface area contributed by atoms with Crippen molar-refractivity contribution in [2.45, 2.75) is 58.4 Å². The predicted molar refractivity (Wildman–Crippen MR) is 181 cm³/mol. The lowest BCUT2D eigenvalue weighted by molar-refractivity contribution is -0.149. The monoisotopic (exact) mass is 661 g/mol. The lowest BCUT2D eigenvalue weighted by Gasteiger charge is -2.34. The number of allylic oxidation sites excluding steroid dienone is 1. The molecule has 2 aromatic carbocycles. The van der Waals surface area contributed by atoms with E-state index in [1.165, 1.54) is 12.0 Å². The zero-order chi connectivity index (χ0) is 34.6. The van der Waals surface area contributed by atoms with Crippen molar-refractivity contribution in [2.24, 2.45) is 4.99 Å². The van der Waals surface area contributed by atoms with Gasteiger partial charge in [-0.25, -0.2) is 14.6 Å². The number of carbonyl (C=O) groups is 3. The number of amides is 2. The lowest BCUT2D eigenvalue weighted by Crippen LogP contribution is -2.47. The van der Waals surface area contributed by atoms with Crippen molar-refractivity contribution >= 4 is 40.8 Å². The molecule has 0 saturated heterocycles. The first-order valence-electron chi connectivity index (χ1n) is 16.2. The van der Waals surface area contributed by atoms with E-state index in [-0.39, 0.29) is 43.1 Å². The van der Waals surface area contributed by atoms with Gasteiger partial charge in [0.15, 0.2) is 0 Å². The topological polar surface area (TPSA) is 152 Å². The molecule has 12 nitrogen and oxygen atoms in total. The summed E-state index contributed by atoms with van der Waals surface area (Å²) in [6.07, 6.45) is 1.75. The molecule has 3 aliphatic rings. The van der Waals surface area contributed by atoms with E-state index in [9.17, 15) is 24.3 Å². The van der Waals surface area contributed by atoms with Gasteiger partial charge in [-0.2, -0.15) is 0 Å². The summed E-state index contributed by atoms with van der Waals surface area (Å²) in [6, 6.07) is 15.7. The highest BCUT2D eigenvalue weighted by atomic mass is 16.5. The van der Waals surface area contributed by atoms with E-state index in [0.29, 0.717) is 51.5 Å². The second-order valence-electron chi connectivity index (χ2n) is 12.4. The van der Waals surface area contributed by atoms with E-state index >= 15 is 0 Å². The quantitative estimate of drug-likeness (QED) is 0.195. The number of carbonyl (C=O) groups excluding carboxylic acids is 3. The number of hydrogen-bond acceptors (Lipinski definition) is 9. The highest BCUT2D eigenvalue weighted by molar-refractivity contribution is 6.03. The summed E-state index contributed by atoms with van der Waals surface area (Å²) in [5.74, 6) is -1.07. The third-order valence-electron chi connectivity index (χ3n) is 9.78. The van der Waals surface area contributed by atoms with Gasteiger partial charge in [0.2, 0.25) is 0 Å². The van der Waals surface area contributed by atoms with Crippen LogP contribution in [0.1, 0.15) is 67.5 Å². The summed E-state index contributed by atoms with van der Waals surface area (Å²) in [5.41, 5.74) is 4.52. The Kier molecular flexibility index (Phi) is 7.90. The number of para-hydroxylation sites is 1. The van der Waals surface area contributed by atoms with Gasteiger partial charge < -0.3 is 24.5 Å². The number of methoxy groups -OCH3 is 1. The van der Waals surface area contributed by atoms with Crippen LogP contribution in [0.15, 0.2) is 75.7 Å². The average molecular weight is 662 g/mol. The number of hydrogen-bond donors (Lipinski definition) is 2. The molecule has 5 heterocycles. The van der Waals surface area contributed by atoms with Crippen molar-refractivity contribution in [1.82, 2.24) is 19.8 Å². The molecule has 0 aliphatic carbocycles. The van der Waals surface area contributed by atoms with Crippen molar-refractivity contribution in [3.8, 4) is 11.4 Å². The van der Waals surface area contributed by atoms with Crippen LogP contribution < -0.4 is 10.9 Å². The Bertz CT molecular complexity index is 2190. The fraction of sp³-hybridized carbons (Fsp3) is 0.297. The van der Waals surface area contributed by atoms with Crippen molar-refractivity contribution < 1.29 is 29.0 Å². The van der Waals surface area contributed by atoms with Crippen LogP contribution in [0, 0.1) is 0 Å². The number of rotatable bonds is 6. The first kappa shape index (κ1) is 32.0. The number of aliphatic hydroxyl groups is 1. The van der Waals surface area contributed by atoms with Crippen molar-refractivity contribution in [1.29, 1.82) is 0 Å². The van der Waals surface area contributed by atoms with E-state index in [1.807, 2.05) is 43.3 Å². The number of benzene rings is 2. The largest absolute Gasteiger partial charge is 0.466 e. The molecule has 2 unspecified atom stereocenters. The Morgan fingerprint density at radius 3 is 2.61 bits per heavy atom. The summed E-state index contributed by atoms with van der Waals surface area (Å²) in [5, 5.41) is 15.3. The molecule has 2 aromatic heterocycles. The number of pyridine rings is 2. The minimum Gasteiger partial charge on any atom is -0.466 e. The van der Waals surface area contributed by atoms with Gasteiger partial charge in [-0.05, 0) is 55.7 Å². The summed E-state index contributed by atoms with van der Waals surface area (Å²) < 4.78 is 12.0. The van der Waals surface area contributed by atoms with Crippen molar-refractivity contribution in [2.75, 3.05) is 13.7 Å². The SMILES string of the molecule is CCN1C(=O)NC(c2ccc(N=Cc3c4c(nc5ccccc35)-c3cc5c(c(=O)n3C4)COC(=O)CC5(O)CC)cc2)C(C(=O)OC)=C1C. The number of ether oxygens (including phenoxy) is 2. The van der Waals surface area contributed by atoms with E-state index in [4.69, 9.17) is 19.5 Å². The maximum atomic E-state index is 13.9. The van der Waals surface area contributed by atoms with Crippen LogP contribution in [-0.4, -0.2) is 57.4 Å². The van der Waals surface area contributed by atoms with Gasteiger partial charge in [-0.3, -0.25) is 19.5 Å². The zero-order valence-corrected chi connectivity index (χ0v) is 27.6. The van der Waals surface area contributed by atoms with E-state index in [2.05, 4.69) is 5.32 Å². The smallest absolute Gasteiger partial charge is 0.337 e. The fourth-order valence-electron chi connectivity index (χ4n) is 7.08. The maximum Gasteiger partial charge on any atom is 0.337 e. The summed E-state index contributed by atoms with van der Waals surface area (Å²) in [4.78, 5) is 63.0. The summed E-state index contributed by atoms with van der Waals surface area (Å²) >= 11 is 0. The number of nitrogens with one attached hydrogen (secondary N) is 1. The Morgan fingerprint density at radius 2 is 1.90 bits per heavy atom. The highest BCUT2D eigenvalue weighted by Crippen LogP contribution is 2.40. The molecule has 2 N–H and O–H groups in total. The molecule has 0 bridgehead atoms. The second kappa shape index (κ2) is 12.1. The normalized spacial score (nSPS) is 20.1. The maximum absolute atomic E-state index is 13.9. The number of fused-ring (bicyclic) bond motifs is 5. The lowest BCUT2D eigenvalue weighted by atomic mass is 9.85. The van der Waals surface area contributed by atoms with Gasteiger partial charge in [-0.15, -0.1) is 0 Å². The van der Waals surface area contributed by atoms with Gasteiger partial charge in [0.1, 0.15) is 12.2 Å². The van der Waals surface area contributed by atoms with Gasteiger partial charge >= 0.3 is 18.0 Å². The van der Waals surface area contributed by atoms with Crippen molar-refractivity contribution in [3.63, 3.8) is 0 Å². The van der Waals surface area contributed by atoms with E-state index in [1.54, 1.807) is 42.8 Å². The third kappa shape index (κ3) is 5.19. The van der Waals surface area contributed by atoms with Crippen LogP contribution in [-0.2, 0) is 37.8 Å². The minimum atomic E-state index is -1.53. The standard InChI is InChI=1S/C37H35N5O7/c1-5-37(47)16-30(43)49-19-26-27(37)15-29-33-25(18-42(29)34(26)44)24(23-9-7-8-10-28(23)39-33)17-38-22-13-11-21(12-14-22)32-31(35(45)48-4)20(3)41(6-2)36(46)40-32/h7-15,17,32,47H,5-6,16,18-19H2,1-4H3,(H,40,46). The molecule has 250 valence electrons. The molecule has 0 fully saturated rings. The molecule has 7 rings (SSSR count). The molecule has 4 aromatic rings. The zero-order valence-electron chi connectivity index (χ0n) is 27.6. The molecule has 2 amide bonds. The molecule has 3 aliphatic heterocycles. The highest BCUT2D eigenvalue weighted by Gasteiger charge is 2.40. The number of esters is 2. The first-order chi connectivity index (χ1) is 23.6. The minimum absolute atomic E-state index is 0.205. The number of nitrogens with zero attached hydrogens (tertiary/aromatic N) is 4. The molecule has 12 heteroatoms. The fourth-order valence-corrected chi connectivity index (χ4v) is 7.08. The predicted octanol–water partition coefficient (Wildman–Crippen LogP) is 4.75. The third-order valence-corrected chi connectivity index (χ3v) is 9.78. The second-order valence-corrected chi connectivity index (χ2v) is 12.4. The molecule has 0 radical (unpaired) electrons. The van der Waals surface area contributed by atoms with Gasteiger partial charge in [0.05, 0.1) is 59.8 Å². The summed E-state index contributed by atoms with van der Waals surface area (Å²) in [7, 11) is 1.32. The van der Waals surface area contributed by atoms with Crippen LogP contribution in [0.3, 0.4) is 0 Å². The number of aromatic nitrogens is 2. The molecule has 49 heavy (non-hydrogen) atoms. The number of aliphatic imine (C=N–C) groups is 1. The van der Waals surface area contributed by atoms with E-state index in [0.717, 1.165) is 16.5 Å². The molecule has 2 atom stereocenters. The molecular weight excluding hydrogens is 626 g/mol. The Morgan fingerprint density at radius 1 is 1.14 bits per heavy atom. The van der Waals surface area contributed by atoms with Crippen LogP contribution in [0.5, 0.6) is 0 Å². The number of cyclic esters (lactones) is 1. The van der Waals surface area contributed by atoms with Crippen LogP contribution in [0.2, 0.25) is 0 Å². The van der Waals surface area contributed by atoms with Gasteiger partial charge in [0, 0.05) is 35.0 Å². The van der Waals surface area contributed by atoms with Crippen LogP contribution in [0.4, 0.5) is 10.5 Å². The van der Waals surface area contributed by atoms with Crippen molar-refractivity contribution in [3.05, 3.63) is 104 Å². The Hall–Kier alpha value is -5.62. The Labute approximate surface area is 281 Å². The molecule has 0 saturated carbocycles. The Balaban J connectivity index is 1.28. The average Bonchev–Trinajstić information content (AvgIpc) is 3.41. The van der Waals surface area contributed by atoms with Crippen LogP contribution in [0.25, 0.3) is 22.3 Å². The van der Waals surface area contributed by atoms with Gasteiger partial charge in [0.25, 0.3) is 5.56 Å². The summed E-state index contributed by atoms with van der Waals surface area (Å²) in [6.45, 7) is 5.77.